The number of fused-ring (bicyclic) bond motifs is 3. The maximum absolute atomic E-state index is 15.1. The molecule has 0 amide bonds. The zero-order chi connectivity index (χ0) is 30.2. The number of hydrogen-bond acceptors (Lipinski definition) is 6. The van der Waals surface area contributed by atoms with E-state index in [2.05, 4.69) is 80.9 Å². The van der Waals surface area contributed by atoms with Crippen LogP contribution in [0, 0.1) is 22.7 Å². The number of ketones is 1. The van der Waals surface area contributed by atoms with Gasteiger partial charge in [0, 0.05) is 12.8 Å². The van der Waals surface area contributed by atoms with Crippen molar-refractivity contribution in [1.82, 2.24) is 0 Å². The molecule has 0 radical (unpaired) electrons. The summed E-state index contributed by atoms with van der Waals surface area (Å²) in [6, 6.07) is 0. The Hall–Kier alpha value is -0.806. The Labute approximate surface area is 240 Å². The second kappa shape index (κ2) is 9.89. The SMILES string of the molecule is C=C[C@]1(C)O[C@@]2(C)[C@H](C(=O)[C@@H]1O[Si](C)(C)C(C)(C)C)[C@@]1(C)CCCC(C)(C)[C@@H]1[C@H](OC(C)=O)[C@@H]2O[Si](C)(C)C. The van der Waals surface area contributed by atoms with Gasteiger partial charge in [-0.05, 0) is 75.3 Å². The summed E-state index contributed by atoms with van der Waals surface area (Å²) in [5.41, 5.74) is -2.73. The molecule has 0 N–H and O–H groups in total. The predicted octanol–water partition coefficient (Wildman–Crippen LogP) is 7.29. The highest BCUT2D eigenvalue weighted by molar-refractivity contribution is 6.74. The molecule has 0 aromatic rings. The molecule has 8 atom stereocenters. The number of esters is 1. The molecule has 3 aliphatic rings. The van der Waals surface area contributed by atoms with Gasteiger partial charge in [0.25, 0.3) is 0 Å². The zero-order valence-corrected chi connectivity index (χ0v) is 29.2. The average Bonchev–Trinajstić information content (AvgIpc) is 2.71. The molecule has 1 heterocycles. The molecule has 0 bridgehead atoms. The lowest BCUT2D eigenvalue weighted by Crippen LogP contribution is -2.79. The zero-order valence-electron chi connectivity index (χ0n) is 27.2. The van der Waals surface area contributed by atoms with E-state index in [1.165, 1.54) is 6.92 Å². The van der Waals surface area contributed by atoms with E-state index in [1.54, 1.807) is 6.08 Å². The molecule has 0 unspecified atom stereocenters. The summed E-state index contributed by atoms with van der Waals surface area (Å²) >= 11 is 0. The van der Waals surface area contributed by atoms with E-state index in [4.69, 9.17) is 18.3 Å². The van der Waals surface area contributed by atoms with Crippen LogP contribution in [0.1, 0.15) is 81.6 Å². The molecule has 224 valence electrons. The first-order valence-electron chi connectivity index (χ1n) is 14.8. The Morgan fingerprint density at radius 1 is 1.03 bits per heavy atom. The highest BCUT2D eigenvalue weighted by Crippen LogP contribution is 2.66. The van der Waals surface area contributed by atoms with Crippen molar-refractivity contribution < 1.29 is 27.9 Å². The van der Waals surface area contributed by atoms with Crippen molar-refractivity contribution in [3.63, 3.8) is 0 Å². The van der Waals surface area contributed by atoms with Crippen molar-refractivity contribution >= 4 is 28.4 Å². The van der Waals surface area contributed by atoms with E-state index >= 15 is 4.79 Å². The summed E-state index contributed by atoms with van der Waals surface area (Å²) in [5.74, 6) is -0.809. The van der Waals surface area contributed by atoms with E-state index in [9.17, 15) is 4.79 Å². The Morgan fingerprint density at radius 3 is 2.05 bits per heavy atom. The van der Waals surface area contributed by atoms with Gasteiger partial charge in [0.2, 0.25) is 0 Å². The van der Waals surface area contributed by atoms with Crippen molar-refractivity contribution in [2.24, 2.45) is 22.7 Å². The van der Waals surface area contributed by atoms with Crippen molar-refractivity contribution in [3.05, 3.63) is 12.7 Å². The molecule has 2 saturated carbocycles. The van der Waals surface area contributed by atoms with Crippen LogP contribution in [-0.2, 0) is 27.9 Å². The lowest BCUT2D eigenvalue weighted by Gasteiger charge is -2.69. The molecule has 0 spiro atoms. The van der Waals surface area contributed by atoms with E-state index in [0.717, 1.165) is 19.3 Å². The lowest BCUT2D eigenvalue weighted by molar-refractivity contribution is -0.314. The molecule has 1 saturated heterocycles. The lowest BCUT2D eigenvalue weighted by atomic mass is 9.42. The Bertz CT molecular complexity index is 994. The molecule has 0 aromatic carbocycles. The molecule has 1 aliphatic heterocycles. The molecule has 2 aliphatic carbocycles. The summed E-state index contributed by atoms with van der Waals surface area (Å²) in [6.07, 6.45) is 2.69. The van der Waals surface area contributed by atoms with Crippen molar-refractivity contribution in [2.75, 3.05) is 0 Å². The molecule has 6 nitrogen and oxygen atoms in total. The molecule has 8 heteroatoms. The molecule has 39 heavy (non-hydrogen) atoms. The third kappa shape index (κ3) is 5.54. The van der Waals surface area contributed by atoms with Gasteiger partial charge in [0.1, 0.15) is 29.5 Å². The monoisotopic (exact) mass is 580 g/mol. The number of hydrogen-bond donors (Lipinski definition) is 0. The van der Waals surface area contributed by atoms with Crippen LogP contribution in [0.15, 0.2) is 12.7 Å². The van der Waals surface area contributed by atoms with E-state index in [0.29, 0.717) is 0 Å². The minimum atomic E-state index is -2.35. The first-order chi connectivity index (χ1) is 17.4. The Morgan fingerprint density at radius 2 is 1.59 bits per heavy atom. The maximum atomic E-state index is 15.1. The quantitative estimate of drug-likeness (QED) is 0.187. The van der Waals surface area contributed by atoms with Gasteiger partial charge in [-0.1, -0.05) is 54.0 Å². The third-order valence-corrected chi connectivity index (χ3v) is 15.8. The summed E-state index contributed by atoms with van der Waals surface area (Å²) in [4.78, 5) is 27.7. The smallest absolute Gasteiger partial charge is 0.303 e. The van der Waals surface area contributed by atoms with Gasteiger partial charge in [-0.15, -0.1) is 6.58 Å². The van der Waals surface area contributed by atoms with Crippen molar-refractivity contribution in [3.8, 4) is 0 Å². The fraction of sp³-hybridized carbons (Fsp3) is 0.871. The number of ether oxygens (including phenoxy) is 2. The Kier molecular flexibility index (Phi) is 8.29. The van der Waals surface area contributed by atoms with Crippen LogP contribution in [0.5, 0.6) is 0 Å². The highest BCUT2D eigenvalue weighted by atomic mass is 28.4. The maximum Gasteiger partial charge on any atom is 0.303 e. The number of rotatable bonds is 6. The van der Waals surface area contributed by atoms with Gasteiger partial charge in [-0.2, -0.15) is 0 Å². The van der Waals surface area contributed by atoms with E-state index in [1.807, 2.05) is 13.8 Å². The van der Waals surface area contributed by atoms with Gasteiger partial charge < -0.3 is 18.3 Å². The largest absolute Gasteiger partial charge is 0.459 e. The minimum absolute atomic E-state index is 0.0729. The summed E-state index contributed by atoms with van der Waals surface area (Å²) in [7, 11) is -4.53. The van der Waals surface area contributed by atoms with Crippen LogP contribution in [0.2, 0.25) is 37.8 Å². The topological polar surface area (TPSA) is 71.1 Å². The predicted molar refractivity (Wildman–Crippen MR) is 162 cm³/mol. The van der Waals surface area contributed by atoms with Crippen molar-refractivity contribution in [1.29, 1.82) is 0 Å². The molecule has 3 fully saturated rings. The summed E-state index contributed by atoms with van der Waals surface area (Å²) in [6.45, 7) is 33.6. The van der Waals surface area contributed by atoms with Crippen LogP contribution in [0.3, 0.4) is 0 Å². The van der Waals surface area contributed by atoms with Gasteiger partial charge in [0.05, 0.1) is 5.92 Å². The number of carbonyl (C=O) groups excluding carboxylic acids is 2. The fourth-order valence-electron chi connectivity index (χ4n) is 7.96. The highest BCUT2D eigenvalue weighted by Gasteiger charge is 2.74. The summed E-state index contributed by atoms with van der Waals surface area (Å²) < 4.78 is 27.3. The molecule has 3 rings (SSSR count). The van der Waals surface area contributed by atoms with Crippen LogP contribution in [0.4, 0.5) is 0 Å². The van der Waals surface area contributed by atoms with Gasteiger partial charge in [-0.3, -0.25) is 9.59 Å². The van der Waals surface area contributed by atoms with E-state index in [-0.39, 0.29) is 28.1 Å². The van der Waals surface area contributed by atoms with Crippen molar-refractivity contribution in [2.45, 2.75) is 149 Å². The molecule has 0 aromatic heterocycles. The minimum Gasteiger partial charge on any atom is -0.459 e. The van der Waals surface area contributed by atoms with Crippen LogP contribution in [-0.4, -0.2) is 57.9 Å². The molecular formula is C31H56O6Si2. The normalized spacial score (nSPS) is 40.9. The average molecular weight is 581 g/mol. The van der Waals surface area contributed by atoms with Crippen LogP contribution in [0.25, 0.3) is 0 Å². The van der Waals surface area contributed by atoms with Gasteiger partial charge in [0.15, 0.2) is 22.4 Å². The van der Waals surface area contributed by atoms with Gasteiger partial charge >= 0.3 is 5.97 Å². The third-order valence-electron chi connectivity index (χ3n) is 10.4. The second-order valence-electron chi connectivity index (χ2n) is 16.3. The standard InChI is InChI=1S/C31H56O6Si2/c1-16-30(9)25(36-39(14,15)27(3,4)5)21(33)23-29(8)19-17-18-28(6,7)24(29)22(34-20(2)32)26(31(23,10)37-30)35-38(11,12)13/h16,22-26H,1,17-19H2,2-15H3/t22-,23+,24-,25-,26-,29+,30-,31-/m0/s1. The first kappa shape index (κ1) is 32.7. The van der Waals surface area contributed by atoms with E-state index < -0.39 is 57.5 Å². The number of carbonyl (C=O) groups is 2. The van der Waals surface area contributed by atoms with Crippen LogP contribution >= 0.6 is 0 Å². The number of Topliss-reactive ketones (excluding diaryl/α,β-unsaturated/α-hetero) is 1. The Balaban J connectivity index is 2.31. The fourth-order valence-corrected chi connectivity index (χ4v) is 10.4. The summed E-state index contributed by atoms with van der Waals surface area (Å²) in [5, 5.41) is -0.0775. The van der Waals surface area contributed by atoms with Gasteiger partial charge in [-0.25, -0.2) is 0 Å². The molecular weight excluding hydrogens is 525 g/mol. The first-order valence-corrected chi connectivity index (χ1v) is 21.1. The second-order valence-corrected chi connectivity index (χ2v) is 25.5. The van der Waals surface area contributed by atoms with Crippen LogP contribution < -0.4 is 0 Å².